The maximum absolute atomic E-state index is 11.5. The van der Waals surface area contributed by atoms with Crippen molar-refractivity contribution >= 4 is 5.91 Å². The minimum absolute atomic E-state index is 0.0981. The first-order valence-corrected chi connectivity index (χ1v) is 4.65. The van der Waals surface area contributed by atoms with Crippen LogP contribution in [0, 0.1) is 11.3 Å². The molecule has 2 rings (SSSR count). The van der Waals surface area contributed by atoms with Crippen LogP contribution in [0.15, 0.2) is 12.1 Å². The second-order valence-electron chi connectivity index (χ2n) is 3.33. The summed E-state index contributed by atoms with van der Waals surface area (Å²) in [5.74, 6) is 0.354. The SMILES string of the molecule is COc1cc2c(cc1C#N)CCNC2=O. The van der Waals surface area contributed by atoms with Crippen LogP contribution in [0.4, 0.5) is 0 Å². The fraction of sp³-hybridized carbons (Fsp3) is 0.273. The van der Waals surface area contributed by atoms with Gasteiger partial charge in [0.15, 0.2) is 0 Å². The summed E-state index contributed by atoms with van der Waals surface area (Å²) in [5, 5.41) is 11.6. The van der Waals surface area contributed by atoms with Gasteiger partial charge in [-0.2, -0.15) is 5.26 Å². The van der Waals surface area contributed by atoms with Gasteiger partial charge in [-0.3, -0.25) is 4.79 Å². The highest BCUT2D eigenvalue weighted by molar-refractivity contribution is 5.97. The zero-order chi connectivity index (χ0) is 10.8. The minimum Gasteiger partial charge on any atom is -0.495 e. The number of amides is 1. The van der Waals surface area contributed by atoms with Crippen LogP contribution in [0.3, 0.4) is 0 Å². The summed E-state index contributed by atoms with van der Waals surface area (Å²) in [7, 11) is 1.49. The largest absolute Gasteiger partial charge is 0.495 e. The van der Waals surface area contributed by atoms with Crippen molar-refractivity contribution in [3.63, 3.8) is 0 Å². The van der Waals surface area contributed by atoms with Crippen molar-refractivity contribution in [1.29, 1.82) is 5.26 Å². The Kier molecular flexibility index (Phi) is 2.30. The number of rotatable bonds is 1. The summed E-state index contributed by atoms with van der Waals surface area (Å²) in [5.41, 5.74) is 2.00. The summed E-state index contributed by atoms with van der Waals surface area (Å²) < 4.78 is 5.05. The Morgan fingerprint density at radius 3 is 3.00 bits per heavy atom. The number of benzene rings is 1. The third-order valence-corrected chi connectivity index (χ3v) is 2.47. The molecule has 0 saturated heterocycles. The fourth-order valence-electron chi connectivity index (χ4n) is 1.71. The number of methoxy groups -OCH3 is 1. The molecule has 0 fully saturated rings. The first-order valence-electron chi connectivity index (χ1n) is 4.65. The highest BCUT2D eigenvalue weighted by Crippen LogP contribution is 2.24. The topological polar surface area (TPSA) is 62.1 Å². The Morgan fingerprint density at radius 1 is 1.53 bits per heavy atom. The molecule has 0 aliphatic carbocycles. The van der Waals surface area contributed by atoms with Gasteiger partial charge in [-0.05, 0) is 24.1 Å². The van der Waals surface area contributed by atoms with Crippen molar-refractivity contribution in [3.05, 3.63) is 28.8 Å². The van der Waals surface area contributed by atoms with Gasteiger partial charge in [0, 0.05) is 12.1 Å². The zero-order valence-corrected chi connectivity index (χ0v) is 8.33. The van der Waals surface area contributed by atoms with Crippen molar-refractivity contribution in [2.75, 3.05) is 13.7 Å². The predicted molar refractivity (Wildman–Crippen MR) is 53.7 cm³/mol. The van der Waals surface area contributed by atoms with Crippen molar-refractivity contribution in [1.82, 2.24) is 5.32 Å². The molecule has 4 nitrogen and oxygen atoms in total. The van der Waals surface area contributed by atoms with E-state index in [9.17, 15) is 4.79 Å². The summed E-state index contributed by atoms with van der Waals surface area (Å²) in [6.45, 7) is 0.628. The smallest absolute Gasteiger partial charge is 0.251 e. The number of hydrogen-bond donors (Lipinski definition) is 1. The van der Waals surface area contributed by atoms with Gasteiger partial charge in [0.25, 0.3) is 5.91 Å². The lowest BCUT2D eigenvalue weighted by Crippen LogP contribution is -2.31. The Bertz CT molecular complexity index is 460. The van der Waals surface area contributed by atoms with E-state index in [2.05, 4.69) is 11.4 Å². The van der Waals surface area contributed by atoms with E-state index in [0.717, 1.165) is 12.0 Å². The average Bonchev–Trinajstić information content (AvgIpc) is 2.28. The van der Waals surface area contributed by atoms with Crippen LogP contribution < -0.4 is 10.1 Å². The highest BCUT2D eigenvalue weighted by Gasteiger charge is 2.19. The normalized spacial score (nSPS) is 13.7. The maximum atomic E-state index is 11.5. The third-order valence-electron chi connectivity index (χ3n) is 2.47. The highest BCUT2D eigenvalue weighted by atomic mass is 16.5. The van der Waals surface area contributed by atoms with Gasteiger partial charge in [-0.15, -0.1) is 0 Å². The first-order chi connectivity index (χ1) is 7.26. The fourth-order valence-corrected chi connectivity index (χ4v) is 1.71. The van der Waals surface area contributed by atoms with E-state index in [0.29, 0.717) is 23.4 Å². The van der Waals surface area contributed by atoms with Crippen LogP contribution in [0.1, 0.15) is 21.5 Å². The molecule has 0 bridgehead atoms. The number of nitrogens with one attached hydrogen (secondary N) is 1. The number of hydrogen-bond acceptors (Lipinski definition) is 3. The first kappa shape index (κ1) is 9.53. The molecule has 0 aromatic heterocycles. The Hall–Kier alpha value is -2.02. The average molecular weight is 202 g/mol. The van der Waals surface area contributed by atoms with E-state index in [-0.39, 0.29) is 5.91 Å². The molecule has 15 heavy (non-hydrogen) atoms. The van der Waals surface area contributed by atoms with E-state index in [1.165, 1.54) is 7.11 Å². The van der Waals surface area contributed by atoms with Crippen molar-refractivity contribution < 1.29 is 9.53 Å². The molecule has 1 N–H and O–H groups in total. The molecule has 1 amide bonds. The van der Waals surface area contributed by atoms with Crippen LogP contribution in [0.25, 0.3) is 0 Å². The van der Waals surface area contributed by atoms with Crippen molar-refractivity contribution in [3.8, 4) is 11.8 Å². The molecule has 1 aliphatic rings. The zero-order valence-electron chi connectivity index (χ0n) is 8.33. The molecular weight excluding hydrogens is 192 g/mol. The lowest BCUT2D eigenvalue weighted by atomic mass is 9.97. The van der Waals surface area contributed by atoms with Gasteiger partial charge in [0.2, 0.25) is 0 Å². The molecule has 1 heterocycles. The molecule has 1 aromatic carbocycles. The van der Waals surface area contributed by atoms with Gasteiger partial charge in [0.05, 0.1) is 12.7 Å². The van der Waals surface area contributed by atoms with Crippen molar-refractivity contribution in [2.24, 2.45) is 0 Å². The maximum Gasteiger partial charge on any atom is 0.251 e. The molecule has 1 aliphatic heterocycles. The van der Waals surface area contributed by atoms with Crippen LogP contribution in [0.2, 0.25) is 0 Å². The summed E-state index contributed by atoms with van der Waals surface area (Å²) in [4.78, 5) is 11.5. The molecule has 4 heteroatoms. The molecule has 76 valence electrons. The summed E-state index contributed by atoms with van der Waals surface area (Å²) >= 11 is 0. The molecule has 1 aromatic rings. The van der Waals surface area contributed by atoms with E-state index < -0.39 is 0 Å². The quantitative estimate of drug-likeness (QED) is 0.734. The number of carbonyl (C=O) groups is 1. The molecule has 0 unspecified atom stereocenters. The summed E-state index contributed by atoms with van der Waals surface area (Å²) in [6.07, 6.45) is 0.764. The lowest BCUT2D eigenvalue weighted by Gasteiger charge is -2.17. The molecule has 0 atom stereocenters. The van der Waals surface area contributed by atoms with E-state index in [1.54, 1.807) is 12.1 Å². The van der Waals surface area contributed by atoms with Gasteiger partial charge in [-0.25, -0.2) is 0 Å². The van der Waals surface area contributed by atoms with Crippen molar-refractivity contribution in [2.45, 2.75) is 6.42 Å². The molecule has 0 spiro atoms. The predicted octanol–water partition coefficient (Wildman–Crippen LogP) is 0.853. The standard InChI is InChI=1S/C11H10N2O2/c1-15-10-5-9-7(4-8(10)6-12)2-3-13-11(9)14/h4-5H,2-3H2,1H3,(H,13,14). The van der Waals surface area contributed by atoms with Gasteiger partial charge < -0.3 is 10.1 Å². The van der Waals surface area contributed by atoms with E-state index >= 15 is 0 Å². The third kappa shape index (κ3) is 1.52. The van der Waals surface area contributed by atoms with Crippen LogP contribution in [-0.4, -0.2) is 19.6 Å². The Balaban J connectivity index is 2.59. The number of nitriles is 1. The molecule has 0 radical (unpaired) electrons. The second kappa shape index (κ2) is 3.62. The lowest BCUT2D eigenvalue weighted by molar-refractivity contribution is 0.0945. The van der Waals surface area contributed by atoms with Gasteiger partial charge in [-0.1, -0.05) is 0 Å². The molecule has 0 saturated carbocycles. The number of carbonyl (C=O) groups excluding carboxylic acids is 1. The monoisotopic (exact) mass is 202 g/mol. The minimum atomic E-state index is -0.0981. The second-order valence-corrected chi connectivity index (χ2v) is 3.33. The Labute approximate surface area is 87.5 Å². The number of fused-ring (bicyclic) bond motifs is 1. The Morgan fingerprint density at radius 2 is 2.33 bits per heavy atom. The van der Waals surface area contributed by atoms with Gasteiger partial charge in [0.1, 0.15) is 11.8 Å². The summed E-state index contributed by atoms with van der Waals surface area (Å²) in [6, 6.07) is 5.41. The van der Waals surface area contributed by atoms with Crippen LogP contribution >= 0.6 is 0 Å². The van der Waals surface area contributed by atoms with Crippen LogP contribution in [0.5, 0.6) is 5.75 Å². The molecular formula is C11H10N2O2. The number of nitrogens with zero attached hydrogens (tertiary/aromatic N) is 1. The number of ether oxygens (including phenoxy) is 1. The van der Waals surface area contributed by atoms with Crippen LogP contribution in [-0.2, 0) is 6.42 Å². The van der Waals surface area contributed by atoms with E-state index in [4.69, 9.17) is 10.00 Å². The van der Waals surface area contributed by atoms with Gasteiger partial charge >= 0.3 is 0 Å². The van der Waals surface area contributed by atoms with E-state index in [1.807, 2.05) is 0 Å².